The molecule has 0 aromatic rings. The van der Waals surface area contributed by atoms with Gasteiger partial charge in [-0.25, -0.2) is 0 Å². The van der Waals surface area contributed by atoms with Crippen LogP contribution >= 0.6 is 11.6 Å². The zero-order chi connectivity index (χ0) is 21.8. The Kier molecular flexibility index (Phi) is 4.14. The maximum atomic E-state index is 12.8. The monoisotopic (exact) mass is 432 g/mol. The number of fused-ring (bicyclic) bond motifs is 7. The van der Waals surface area contributed by atoms with Gasteiger partial charge in [0.05, 0.1) is 6.10 Å². The normalized spacial score (nSPS) is 50.9. The molecule has 30 heavy (non-hydrogen) atoms. The Labute approximate surface area is 181 Å². The third-order valence-corrected chi connectivity index (χ3v) is 9.80. The highest BCUT2D eigenvalue weighted by molar-refractivity contribution is 6.32. The second-order valence-corrected chi connectivity index (χ2v) is 11.0. The third kappa shape index (κ3) is 2.26. The number of rotatable bonds is 2. The number of hydrogen-bond donors (Lipinski definition) is 1. The van der Waals surface area contributed by atoms with Crippen LogP contribution in [0.1, 0.15) is 53.4 Å². The highest BCUT2D eigenvalue weighted by Crippen LogP contribution is 2.72. The van der Waals surface area contributed by atoms with Crippen molar-refractivity contribution in [3.05, 3.63) is 22.8 Å². The molecule has 0 bridgehead atoms. The molecule has 0 saturated heterocycles. The molecule has 0 radical (unpaired) electrons. The topological polar surface area (TPSA) is 80.7 Å². The summed E-state index contributed by atoms with van der Waals surface area (Å²) in [6, 6.07) is 0. The van der Waals surface area contributed by atoms with Gasteiger partial charge in [0.2, 0.25) is 0 Å². The molecule has 0 spiro atoms. The lowest BCUT2D eigenvalue weighted by molar-refractivity contribution is -0.185. The number of aliphatic hydroxyl groups excluding tert-OH is 1. The van der Waals surface area contributed by atoms with Gasteiger partial charge in [0.25, 0.3) is 0 Å². The molecule has 0 unspecified atom stereocenters. The van der Waals surface area contributed by atoms with Crippen molar-refractivity contribution in [1.82, 2.24) is 0 Å². The highest BCUT2D eigenvalue weighted by atomic mass is 35.5. The van der Waals surface area contributed by atoms with Crippen LogP contribution in [0.4, 0.5) is 0 Å². The molecule has 5 rings (SSSR count). The second-order valence-electron chi connectivity index (χ2n) is 10.6. The lowest BCUT2D eigenvalue weighted by Gasteiger charge is -2.58. The summed E-state index contributed by atoms with van der Waals surface area (Å²) in [4.78, 5) is 37.2. The van der Waals surface area contributed by atoms with Crippen molar-refractivity contribution >= 4 is 29.1 Å². The fraction of sp³-hybridized carbons (Fsp3) is 0.708. The second kappa shape index (κ2) is 6.07. The van der Waals surface area contributed by atoms with Crippen molar-refractivity contribution < 1.29 is 24.2 Å². The fourth-order valence-electron chi connectivity index (χ4n) is 8.07. The van der Waals surface area contributed by atoms with Crippen LogP contribution in [0, 0.1) is 40.4 Å². The van der Waals surface area contributed by atoms with E-state index in [1.807, 2.05) is 13.0 Å². The van der Waals surface area contributed by atoms with Crippen LogP contribution < -0.4 is 0 Å². The molecule has 1 N–H and O–H groups in total. The first-order valence-corrected chi connectivity index (χ1v) is 11.4. The first-order valence-electron chi connectivity index (χ1n) is 11.0. The Morgan fingerprint density at radius 2 is 1.93 bits per heavy atom. The summed E-state index contributed by atoms with van der Waals surface area (Å²) in [5, 5.41) is 11.8. The van der Waals surface area contributed by atoms with Crippen LogP contribution in [0.2, 0.25) is 0 Å². The number of allylic oxidation sites excluding steroid dienone is 4. The number of carbonyl (C=O) groups is 3. The fourth-order valence-corrected chi connectivity index (χ4v) is 8.48. The first-order chi connectivity index (χ1) is 14.0. The molecule has 0 aromatic carbocycles. The molecule has 5 aliphatic rings. The molecule has 0 aromatic heterocycles. The molecule has 5 aliphatic carbocycles. The Hall–Kier alpha value is -1.46. The van der Waals surface area contributed by atoms with E-state index in [1.54, 1.807) is 6.08 Å². The van der Waals surface area contributed by atoms with Gasteiger partial charge in [-0.2, -0.15) is 0 Å². The predicted octanol–water partition coefficient (Wildman–Crippen LogP) is 3.58. The van der Waals surface area contributed by atoms with E-state index in [0.717, 1.165) is 18.4 Å². The Bertz CT molecular complexity index is 936. The van der Waals surface area contributed by atoms with E-state index in [4.69, 9.17) is 16.3 Å². The maximum absolute atomic E-state index is 12.8. The number of hydrogen-bond acceptors (Lipinski definition) is 5. The number of ether oxygens (including phenoxy) is 1. The zero-order valence-corrected chi connectivity index (χ0v) is 18.7. The number of halogens is 1. The van der Waals surface area contributed by atoms with Crippen LogP contribution in [0.25, 0.3) is 0 Å². The average molecular weight is 433 g/mol. The van der Waals surface area contributed by atoms with Gasteiger partial charge in [0.15, 0.2) is 17.2 Å². The van der Waals surface area contributed by atoms with Gasteiger partial charge in [-0.05, 0) is 55.6 Å². The van der Waals surface area contributed by atoms with Crippen molar-refractivity contribution in [2.45, 2.75) is 65.1 Å². The minimum absolute atomic E-state index is 0.0281. The highest BCUT2D eigenvalue weighted by Gasteiger charge is 2.72. The lowest BCUT2D eigenvalue weighted by Crippen LogP contribution is -2.58. The van der Waals surface area contributed by atoms with E-state index in [9.17, 15) is 19.5 Å². The van der Waals surface area contributed by atoms with Gasteiger partial charge in [0.1, 0.15) is 0 Å². The smallest absolute Gasteiger partial charge is 0.303 e. The number of carbonyl (C=O) groups excluding carboxylic acids is 3. The molecule has 3 saturated carbocycles. The molecule has 6 heteroatoms. The summed E-state index contributed by atoms with van der Waals surface area (Å²) < 4.78 is 5.73. The molecule has 162 valence electrons. The van der Waals surface area contributed by atoms with Gasteiger partial charge in [0, 0.05) is 41.0 Å². The Balaban J connectivity index is 1.63. The summed E-state index contributed by atoms with van der Waals surface area (Å²) >= 11 is 6.76. The predicted molar refractivity (Wildman–Crippen MR) is 110 cm³/mol. The van der Waals surface area contributed by atoms with E-state index < -0.39 is 23.1 Å². The zero-order valence-electron chi connectivity index (χ0n) is 17.9. The van der Waals surface area contributed by atoms with Crippen molar-refractivity contribution in [2.24, 2.45) is 40.4 Å². The first kappa shape index (κ1) is 20.4. The SMILES string of the molecule is CC(=O)O[C@@]1(C(C)=O)C[C@H](O)[C@@H]2[C@H]3C=C(Cl)C4=CC(=O)[C@H]5C[C@H]5[C@@]4(C)[C@@H]3CC[C@]21C. The van der Waals surface area contributed by atoms with Gasteiger partial charge in [-0.15, -0.1) is 0 Å². The van der Waals surface area contributed by atoms with Crippen LogP contribution in [0.5, 0.6) is 0 Å². The molecule has 5 nitrogen and oxygen atoms in total. The molecule has 0 heterocycles. The summed E-state index contributed by atoms with van der Waals surface area (Å²) in [6.45, 7) is 7.01. The molecular weight excluding hydrogens is 404 g/mol. The van der Waals surface area contributed by atoms with Crippen molar-refractivity contribution in [2.75, 3.05) is 0 Å². The minimum atomic E-state index is -1.31. The van der Waals surface area contributed by atoms with E-state index in [2.05, 4.69) is 6.92 Å². The van der Waals surface area contributed by atoms with Crippen molar-refractivity contribution in [3.8, 4) is 0 Å². The minimum Gasteiger partial charge on any atom is -0.451 e. The third-order valence-electron chi connectivity index (χ3n) is 9.47. The molecule has 3 fully saturated rings. The maximum Gasteiger partial charge on any atom is 0.303 e. The van der Waals surface area contributed by atoms with Crippen molar-refractivity contribution in [1.29, 1.82) is 0 Å². The Morgan fingerprint density at radius 3 is 2.57 bits per heavy atom. The number of ketones is 2. The number of aliphatic hydroxyl groups is 1. The van der Waals surface area contributed by atoms with Crippen LogP contribution in [-0.4, -0.2) is 34.3 Å². The molecule has 0 aliphatic heterocycles. The van der Waals surface area contributed by atoms with Crippen molar-refractivity contribution in [3.63, 3.8) is 0 Å². The van der Waals surface area contributed by atoms with E-state index in [0.29, 0.717) is 17.4 Å². The average Bonchev–Trinajstić information content (AvgIpc) is 3.41. The standard InChI is InChI=1S/C24H29ClO5/c1-11(26)24(30-12(2)27)10-20(29)21-14-8-18(25)17-9-19(28)13-7-16(13)23(17,4)15(14)5-6-22(21,24)3/h8-9,13-16,20-21,29H,5-7,10H2,1-4H3/t13-,14-,15+,16+,20-,21-,22+,23+,24+/m0/s1. The summed E-state index contributed by atoms with van der Waals surface area (Å²) in [7, 11) is 0. The van der Waals surface area contributed by atoms with E-state index in [-0.39, 0.29) is 47.1 Å². The van der Waals surface area contributed by atoms with Gasteiger partial charge in [-0.3, -0.25) is 14.4 Å². The van der Waals surface area contributed by atoms with Gasteiger partial charge >= 0.3 is 5.97 Å². The quantitative estimate of drug-likeness (QED) is 0.674. The van der Waals surface area contributed by atoms with Crippen LogP contribution in [-0.2, 0) is 19.1 Å². The van der Waals surface area contributed by atoms with Gasteiger partial charge < -0.3 is 9.84 Å². The molecular formula is C24H29ClO5. The Morgan fingerprint density at radius 1 is 1.23 bits per heavy atom. The van der Waals surface area contributed by atoms with E-state index in [1.165, 1.54) is 13.8 Å². The lowest BCUT2D eigenvalue weighted by atomic mass is 9.47. The molecule has 0 amide bonds. The summed E-state index contributed by atoms with van der Waals surface area (Å²) in [5.41, 5.74) is -1.22. The van der Waals surface area contributed by atoms with E-state index >= 15 is 0 Å². The number of Topliss-reactive ketones (excluding diaryl/α,β-unsaturated/α-hetero) is 1. The summed E-state index contributed by atoms with van der Waals surface area (Å²) in [5.74, 6) is -0.145. The van der Waals surface area contributed by atoms with Crippen LogP contribution in [0.3, 0.4) is 0 Å². The summed E-state index contributed by atoms with van der Waals surface area (Å²) in [6.07, 6.45) is 5.54. The van der Waals surface area contributed by atoms with Crippen LogP contribution in [0.15, 0.2) is 22.8 Å². The number of esters is 1. The largest absolute Gasteiger partial charge is 0.451 e. The van der Waals surface area contributed by atoms with Gasteiger partial charge in [-0.1, -0.05) is 31.5 Å². The molecule has 9 atom stereocenters.